The van der Waals surface area contributed by atoms with Gasteiger partial charge in [-0.25, -0.2) is 0 Å². The smallest absolute Gasteiger partial charge is 0.342 e. The van der Waals surface area contributed by atoms with Crippen LogP contribution < -0.4 is 5.73 Å². The Morgan fingerprint density at radius 2 is 2.08 bits per heavy atom. The minimum Gasteiger partial charge on any atom is -0.342 e. The van der Waals surface area contributed by atoms with Gasteiger partial charge in [0.1, 0.15) is 0 Å². The Labute approximate surface area is 140 Å². The molecule has 2 fully saturated rings. The van der Waals surface area contributed by atoms with Crippen LogP contribution in [0.15, 0.2) is 24.3 Å². The molecule has 0 aromatic heterocycles. The van der Waals surface area contributed by atoms with Crippen LogP contribution in [0.25, 0.3) is 0 Å². The lowest BCUT2D eigenvalue weighted by molar-refractivity contribution is -0.137. The van der Waals surface area contributed by atoms with E-state index in [4.69, 9.17) is 5.73 Å². The third kappa shape index (κ3) is 3.43. The zero-order valence-electron chi connectivity index (χ0n) is 13.7. The van der Waals surface area contributed by atoms with E-state index >= 15 is 0 Å². The second-order valence-corrected chi connectivity index (χ2v) is 7.21. The number of halogens is 3. The van der Waals surface area contributed by atoms with Crippen LogP contribution in [0.2, 0.25) is 0 Å². The highest BCUT2D eigenvalue weighted by Gasteiger charge is 2.43. The number of likely N-dealkylation sites (tertiary alicyclic amines) is 1. The standard InChI is InChI=1S/C18H23F3N2O/c1-11(7-12-3-2-4-14(8-12)18(19,20)21)17(24)23-9-13-5-6-16(22)15(13)10-23/h2-4,8,11,13,15-16H,5-7,9-10,22H2,1H3. The molecule has 24 heavy (non-hydrogen) atoms. The first-order valence-corrected chi connectivity index (χ1v) is 8.46. The van der Waals surface area contributed by atoms with E-state index in [0.717, 1.165) is 31.5 Å². The van der Waals surface area contributed by atoms with Crippen molar-refractivity contribution in [1.82, 2.24) is 4.90 Å². The number of carbonyl (C=O) groups is 1. The summed E-state index contributed by atoms with van der Waals surface area (Å²) in [5.41, 5.74) is 5.97. The van der Waals surface area contributed by atoms with E-state index in [9.17, 15) is 18.0 Å². The van der Waals surface area contributed by atoms with E-state index in [-0.39, 0.29) is 17.9 Å². The van der Waals surface area contributed by atoms with E-state index in [2.05, 4.69) is 0 Å². The van der Waals surface area contributed by atoms with Crippen molar-refractivity contribution in [2.75, 3.05) is 13.1 Å². The molecule has 1 amide bonds. The number of rotatable bonds is 3. The lowest BCUT2D eigenvalue weighted by Crippen LogP contribution is -2.37. The van der Waals surface area contributed by atoms with Gasteiger partial charge < -0.3 is 10.6 Å². The van der Waals surface area contributed by atoms with Gasteiger partial charge in [-0.15, -0.1) is 0 Å². The van der Waals surface area contributed by atoms with Gasteiger partial charge in [-0.3, -0.25) is 4.79 Å². The normalized spacial score (nSPS) is 28.0. The Kier molecular flexibility index (Phi) is 4.60. The summed E-state index contributed by atoms with van der Waals surface area (Å²) in [5, 5.41) is 0. The molecule has 1 saturated heterocycles. The number of carbonyl (C=O) groups excluding carboxylic acids is 1. The van der Waals surface area contributed by atoms with E-state index in [1.54, 1.807) is 13.0 Å². The van der Waals surface area contributed by atoms with Crippen molar-refractivity contribution in [3.05, 3.63) is 35.4 Å². The molecule has 1 aromatic carbocycles. The summed E-state index contributed by atoms with van der Waals surface area (Å²) in [7, 11) is 0. The van der Waals surface area contributed by atoms with Crippen molar-refractivity contribution < 1.29 is 18.0 Å². The number of fused-ring (bicyclic) bond motifs is 1. The van der Waals surface area contributed by atoms with Crippen LogP contribution in [0.5, 0.6) is 0 Å². The lowest BCUT2D eigenvalue weighted by atomic mass is 9.98. The minimum absolute atomic E-state index is 0.0222. The van der Waals surface area contributed by atoms with Crippen LogP contribution in [-0.2, 0) is 17.4 Å². The Hall–Kier alpha value is -1.56. The first-order chi connectivity index (χ1) is 11.3. The fourth-order valence-electron chi connectivity index (χ4n) is 4.11. The van der Waals surface area contributed by atoms with Gasteiger partial charge in [0, 0.05) is 25.0 Å². The van der Waals surface area contributed by atoms with E-state index in [0.29, 0.717) is 30.4 Å². The predicted octanol–water partition coefficient (Wildman–Crippen LogP) is 3.08. The summed E-state index contributed by atoms with van der Waals surface area (Å²) in [5.74, 6) is 0.567. The Bertz CT molecular complexity index is 617. The average Bonchev–Trinajstić information content (AvgIpc) is 3.08. The summed E-state index contributed by atoms with van der Waals surface area (Å²) >= 11 is 0. The molecular weight excluding hydrogens is 317 g/mol. The third-order valence-corrected chi connectivity index (χ3v) is 5.44. The molecule has 2 aliphatic rings. The van der Waals surface area contributed by atoms with Crippen molar-refractivity contribution in [2.45, 2.75) is 38.4 Å². The highest BCUT2D eigenvalue weighted by molar-refractivity contribution is 5.79. The number of nitrogens with two attached hydrogens (primary N) is 1. The van der Waals surface area contributed by atoms with Gasteiger partial charge in [0.2, 0.25) is 5.91 Å². The van der Waals surface area contributed by atoms with Crippen molar-refractivity contribution in [1.29, 1.82) is 0 Å². The van der Waals surface area contributed by atoms with Crippen LogP contribution >= 0.6 is 0 Å². The van der Waals surface area contributed by atoms with Crippen LogP contribution in [0, 0.1) is 17.8 Å². The van der Waals surface area contributed by atoms with Gasteiger partial charge in [-0.05, 0) is 42.7 Å². The van der Waals surface area contributed by atoms with Crippen LogP contribution in [0.3, 0.4) is 0 Å². The molecule has 3 nitrogen and oxygen atoms in total. The number of benzene rings is 1. The molecule has 2 N–H and O–H groups in total. The zero-order chi connectivity index (χ0) is 17.5. The molecule has 4 unspecified atom stereocenters. The second-order valence-electron chi connectivity index (χ2n) is 7.21. The maximum atomic E-state index is 12.8. The van der Waals surface area contributed by atoms with Crippen molar-refractivity contribution >= 4 is 5.91 Å². The molecule has 4 atom stereocenters. The van der Waals surface area contributed by atoms with Gasteiger partial charge >= 0.3 is 6.18 Å². The maximum absolute atomic E-state index is 12.8. The minimum atomic E-state index is -4.36. The van der Waals surface area contributed by atoms with Gasteiger partial charge in [-0.1, -0.05) is 25.1 Å². The largest absolute Gasteiger partial charge is 0.416 e. The van der Waals surface area contributed by atoms with E-state index in [1.165, 1.54) is 6.07 Å². The lowest BCUT2D eigenvalue weighted by Gasteiger charge is -2.23. The number of hydrogen-bond acceptors (Lipinski definition) is 2. The van der Waals surface area contributed by atoms with Crippen LogP contribution in [-0.4, -0.2) is 29.9 Å². The molecule has 1 saturated carbocycles. The third-order valence-electron chi connectivity index (χ3n) is 5.44. The monoisotopic (exact) mass is 340 g/mol. The van der Waals surface area contributed by atoms with Gasteiger partial charge in [0.15, 0.2) is 0 Å². The molecule has 1 heterocycles. The predicted molar refractivity (Wildman–Crippen MR) is 85.1 cm³/mol. The number of nitrogens with zero attached hydrogens (tertiary/aromatic N) is 1. The van der Waals surface area contributed by atoms with E-state index < -0.39 is 11.7 Å². The zero-order valence-corrected chi connectivity index (χ0v) is 13.7. The highest BCUT2D eigenvalue weighted by Crippen LogP contribution is 2.37. The molecule has 6 heteroatoms. The van der Waals surface area contributed by atoms with Crippen molar-refractivity contribution in [3.8, 4) is 0 Å². The first-order valence-electron chi connectivity index (χ1n) is 8.46. The number of amides is 1. The molecule has 0 bridgehead atoms. The molecule has 3 rings (SSSR count). The number of hydrogen-bond donors (Lipinski definition) is 1. The van der Waals surface area contributed by atoms with Gasteiger partial charge in [0.25, 0.3) is 0 Å². The molecule has 0 radical (unpaired) electrons. The maximum Gasteiger partial charge on any atom is 0.416 e. The quantitative estimate of drug-likeness (QED) is 0.919. The van der Waals surface area contributed by atoms with Gasteiger partial charge in [0.05, 0.1) is 5.56 Å². The van der Waals surface area contributed by atoms with E-state index in [1.807, 2.05) is 4.90 Å². The SMILES string of the molecule is CC(Cc1cccc(C(F)(F)F)c1)C(=O)N1CC2CCC(N)C2C1. The van der Waals surface area contributed by atoms with Crippen molar-refractivity contribution in [3.63, 3.8) is 0 Å². The first kappa shape index (κ1) is 17.3. The summed E-state index contributed by atoms with van der Waals surface area (Å²) in [6.07, 6.45) is -1.94. The molecule has 1 aliphatic carbocycles. The highest BCUT2D eigenvalue weighted by atomic mass is 19.4. The van der Waals surface area contributed by atoms with Crippen LogP contribution in [0.1, 0.15) is 30.9 Å². The fourth-order valence-corrected chi connectivity index (χ4v) is 4.11. The Morgan fingerprint density at radius 3 is 2.75 bits per heavy atom. The summed E-state index contributed by atoms with van der Waals surface area (Å²) < 4.78 is 38.4. The second kappa shape index (κ2) is 6.39. The molecule has 1 aromatic rings. The Balaban J connectivity index is 1.63. The topological polar surface area (TPSA) is 46.3 Å². The fraction of sp³-hybridized carbons (Fsp3) is 0.611. The van der Waals surface area contributed by atoms with Gasteiger partial charge in [-0.2, -0.15) is 13.2 Å². The summed E-state index contributed by atoms with van der Waals surface area (Å²) in [6, 6.07) is 5.41. The number of alkyl halides is 3. The summed E-state index contributed by atoms with van der Waals surface area (Å²) in [4.78, 5) is 14.5. The van der Waals surface area contributed by atoms with Crippen molar-refractivity contribution in [2.24, 2.45) is 23.5 Å². The average molecular weight is 340 g/mol. The Morgan fingerprint density at radius 1 is 1.33 bits per heavy atom. The molecule has 132 valence electrons. The summed E-state index contributed by atoms with van der Waals surface area (Å²) in [6.45, 7) is 3.22. The molecule has 0 spiro atoms. The van der Waals surface area contributed by atoms with Crippen LogP contribution in [0.4, 0.5) is 13.2 Å². The molecular formula is C18H23F3N2O. The molecule has 1 aliphatic heterocycles.